The molecule has 1 aromatic rings. The number of amides is 1. The number of carbonyl (C=O) groups excluding carboxylic acids is 1. The first-order valence-corrected chi connectivity index (χ1v) is 4.16. The molecule has 0 unspecified atom stereocenters. The molecule has 6 heteroatoms. The number of anilines is 1. The van der Waals surface area contributed by atoms with Gasteiger partial charge in [-0.2, -0.15) is 0 Å². The van der Waals surface area contributed by atoms with Crippen molar-refractivity contribution in [1.29, 1.82) is 0 Å². The third-order valence-electron chi connectivity index (χ3n) is 1.40. The Morgan fingerprint density at radius 2 is 2.27 bits per heavy atom. The molecule has 1 heterocycles. The fraction of sp³-hybridized carbons (Fsp3) is 0.222. The van der Waals surface area contributed by atoms with Crippen molar-refractivity contribution in [3.8, 4) is 5.75 Å². The van der Waals surface area contributed by atoms with Gasteiger partial charge >= 0.3 is 5.97 Å². The van der Waals surface area contributed by atoms with E-state index in [9.17, 15) is 9.59 Å². The Morgan fingerprint density at radius 3 is 2.73 bits per heavy atom. The summed E-state index contributed by atoms with van der Waals surface area (Å²) in [7, 11) is 0. The smallest absolute Gasteiger partial charge is 0.341 e. The molecule has 0 bridgehead atoms. The molecular formula is C9H10N2O4. The van der Waals surface area contributed by atoms with Crippen molar-refractivity contribution < 1.29 is 19.4 Å². The number of nitrogens with one attached hydrogen (secondary N) is 1. The van der Waals surface area contributed by atoms with Crippen LogP contribution >= 0.6 is 0 Å². The highest BCUT2D eigenvalue weighted by Crippen LogP contribution is 2.11. The van der Waals surface area contributed by atoms with E-state index in [0.29, 0.717) is 11.6 Å². The topological polar surface area (TPSA) is 88.5 Å². The van der Waals surface area contributed by atoms with E-state index in [1.807, 2.05) is 0 Å². The summed E-state index contributed by atoms with van der Waals surface area (Å²) in [5.41, 5.74) is 0. The number of nitrogens with zero attached hydrogens (tertiary/aromatic N) is 1. The van der Waals surface area contributed by atoms with Gasteiger partial charge in [-0.25, -0.2) is 9.78 Å². The van der Waals surface area contributed by atoms with Gasteiger partial charge in [0.15, 0.2) is 6.61 Å². The lowest BCUT2D eigenvalue weighted by atomic mass is 10.4. The number of rotatable bonds is 4. The van der Waals surface area contributed by atoms with Crippen LogP contribution in [0.1, 0.15) is 6.92 Å². The zero-order valence-electron chi connectivity index (χ0n) is 8.06. The van der Waals surface area contributed by atoms with Crippen LogP contribution in [0.4, 0.5) is 5.82 Å². The lowest BCUT2D eigenvalue weighted by Gasteiger charge is -2.04. The van der Waals surface area contributed by atoms with Gasteiger partial charge in [0.2, 0.25) is 5.91 Å². The second-order valence-electron chi connectivity index (χ2n) is 2.74. The summed E-state index contributed by atoms with van der Waals surface area (Å²) in [4.78, 5) is 24.7. The lowest BCUT2D eigenvalue weighted by Crippen LogP contribution is -2.10. The summed E-state index contributed by atoms with van der Waals surface area (Å²) < 4.78 is 4.85. The number of carboxylic acid groups (broad SMARTS) is 1. The molecule has 0 aliphatic heterocycles. The Hall–Kier alpha value is -2.11. The minimum absolute atomic E-state index is 0.221. The van der Waals surface area contributed by atoms with E-state index in [1.165, 1.54) is 25.3 Å². The molecule has 15 heavy (non-hydrogen) atoms. The number of aromatic nitrogens is 1. The van der Waals surface area contributed by atoms with E-state index in [1.54, 1.807) is 0 Å². The van der Waals surface area contributed by atoms with Crippen LogP contribution in [0.2, 0.25) is 0 Å². The molecular weight excluding hydrogens is 200 g/mol. The van der Waals surface area contributed by atoms with Crippen molar-refractivity contribution >= 4 is 17.7 Å². The molecule has 0 atom stereocenters. The number of pyridine rings is 1. The highest BCUT2D eigenvalue weighted by Gasteiger charge is 2.00. The molecule has 1 rings (SSSR count). The van der Waals surface area contributed by atoms with Crippen molar-refractivity contribution in [2.75, 3.05) is 11.9 Å². The van der Waals surface area contributed by atoms with Crippen molar-refractivity contribution in [1.82, 2.24) is 4.98 Å². The van der Waals surface area contributed by atoms with E-state index in [4.69, 9.17) is 9.84 Å². The molecule has 0 saturated carbocycles. The predicted octanol–water partition coefficient (Wildman–Crippen LogP) is 0.503. The van der Waals surface area contributed by atoms with Crippen LogP contribution < -0.4 is 10.1 Å². The Bertz CT molecular complexity index is 361. The van der Waals surface area contributed by atoms with Crippen LogP contribution in [0.5, 0.6) is 5.75 Å². The number of hydrogen-bond acceptors (Lipinski definition) is 4. The standard InChI is InChI=1S/C9H10N2O4/c1-6(12)11-8-3-2-7(4-10-8)15-5-9(13)14/h2-4H,5H2,1H3,(H,13,14)(H,10,11,12). The molecule has 80 valence electrons. The molecule has 0 saturated heterocycles. The van der Waals surface area contributed by atoms with Gasteiger partial charge < -0.3 is 15.2 Å². The Balaban J connectivity index is 2.56. The van der Waals surface area contributed by atoms with Gasteiger partial charge in [-0.1, -0.05) is 0 Å². The maximum atomic E-state index is 10.7. The highest BCUT2D eigenvalue weighted by molar-refractivity contribution is 5.87. The summed E-state index contributed by atoms with van der Waals surface area (Å²) in [6.45, 7) is 0.956. The van der Waals surface area contributed by atoms with Crippen LogP contribution in [0.3, 0.4) is 0 Å². The Labute approximate surface area is 85.9 Å². The maximum Gasteiger partial charge on any atom is 0.341 e. The maximum absolute atomic E-state index is 10.7. The minimum atomic E-state index is -1.05. The fourth-order valence-corrected chi connectivity index (χ4v) is 0.865. The second kappa shape index (κ2) is 4.94. The first-order chi connectivity index (χ1) is 7.08. The molecule has 1 aromatic heterocycles. The van der Waals surface area contributed by atoms with Crippen molar-refractivity contribution in [2.45, 2.75) is 6.92 Å². The lowest BCUT2D eigenvalue weighted by molar-refractivity contribution is -0.139. The Morgan fingerprint density at radius 1 is 1.53 bits per heavy atom. The quantitative estimate of drug-likeness (QED) is 0.755. The normalized spacial score (nSPS) is 9.40. The van der Waals surface area contributed by atoms with Gasteiger partial charge in [0.1, 0.15) is 11.6 Å². The van der Waals surface area contributed by atoms with Gasteiger partial charge in [0.05, 0.1) is 6.20 Å². The summed E-state index contributed by atoms with van der Waals surface area (Å²) in [5.74, 6) is -0.542. The third kappa shape index (κ3) is 4.08. The summed E-state index contributed by atoms with van der Waals surface area (Å²) in [5, 5.41) is 10.8. The van der Waals surface area contributed by atoms with Crippen LogP contribution in [-0.4, -0.2) is 28.6 Å². The minimum Gasteiger partial charge on any atom is -0.480 e. The molecule has 6 nitrogen and oxygen atoms in total. The Kier molecular flexibility index (Phi) is 3.61. The molecule has 0 spiro atoms. The van der Waals surface area contributed by atoms with Gasteiger partial charge in [-0.15, -0.1) is 0 Å². The van der Waals surface area contributed by atoms with E-state index < -0.39 is 12.6 Å². The molecule has 0 radical (unpaired) electrons. The average Bonchev–Trinajstić information content (AvgIpc) is 2.16. The zero-order valence-corrected chi connectivity index (χ0v) is 8.06. The van der Waals surface area contributed by atoms with Gasteiger partial charge in [-0.3, -0.25) is 4.79 Å². The van der Waals surface area contributed by atoms with Crippen molar-refractivity contribution in [3.63, 3.8) is 0 Å². The largest absolute Gasteiger partial charge is 0.480 e. The van der Waals surface area contributed by atoms with Gasteiger partial charge in [0, 0.05) is 6.92 Å². The van der Waals surface area contributed by atoms with E-state index in [-0.39, 0.29) is 5.91 Å². The summed E-state index contributed by atoms with van der Waals surface area (Å²) in [6, 6.07) is 3.06. The SMILES string of the molecule is CC(=O)Nc1ccc(OCC(=O)O)cn1. The second-order valence-corrected chi connectivity index (χ2v) is 2.74. The van der Waals surface area contributed by atoms with E-state index in [0.717, 1.165) is 0 Å². The van der Waals surface area contributed by atoms with Gasteiger partial charge in [0.25, 0.3) is 0 Å². The fourth-order valence-electron chi connectivity index (χ4n) is 0.865. The third-order valence-corrected chi connectivity index (χ3v) is 1.40. The number of hydrogen-bond donors (Lipinski definition) is 2. The zero-order chi connectivity index (χ0) is 11.3. The number of ether oxygens (including phenoxy) is 1. The monoisotopic (exact) mass is 210 g/mol. The summed E-state index contributed by atoms with van der Waals surface area (Å²) in [6.07, 6.45) is 1.34. The first kappa shape index (κ1) is 11.0. The van der Waals surface area contributed by atoms with Crippen molar-refractivity contribution in [3.05, 3.63) is 18.3 Å². The highest BCUT2D eigenvalue weighted by atomic mass is 16.5. The van der Waals surface area contributed by atoms with Crippen molar-refractivity contribution in [2.24, 2.45) is 0 Å². The van der Waals surface area contributed by atoms with E-state index in [2.05, 4.69) is 10.3 Å². The van der Waals surface area contributed by atoms with E-state index >= 15 is 0 Å². The van der Waals surface area contributed by atoms with Crippen LogP contribution in [-0.2, 0) is 9.59 Å². The molecule has 0 aromatic carbocycles. The molecule has 0 aliphatic rings. The first-order valence-electron chi connectivity index (χ1n) is 4.16. The number of carboxylic acids is 1. The number of aliphatic carboxylic acids is 1. The molecule has 0 aliphatic carbocycles. The average molecular weight is 210 g/mol. The van der Waals surface area contributed by atoms with Crippen LogP contribution in [0.25, 0.3) is 0 Å². The predicted molar refractivity (Wildman–Crippen MR) is 51.7 cm³/mol. The molecule has 0 fully saturated rings. The number of carbonyl (C=O) groups is 2. The van der Waals surface area contributed by atoms with Crippen LogP contribution in [0, 0.1) is 0 Å². The van der Waals surface area contributed by atoms with Crippen LogP contribution in [0.15, 0.2) is 18.3 Å². The molecule has 2 N–H and O–H groups in total. The summed E-state index contributed by atoms with van der Waals surface area (Å²) >= 11 is 0. The van der Waals surface area contributed by atoms with Gasteiger partial charge in [-0.05, 0) is 12.1 Å². The molecule has 1 amide bonds.